The van der Waals surface area contributed by atoms with Gasteiger partial charge in [-0.05, 0) is 61.5 Å². The lowest BCUT2D eigenvalue weighted by Crippen LogP contribution is -2.48. The molecule has 0 spiro atoms. The van der Waals surface area contributed by atoms with E-state index in [1.807, 2.05) is 48.5 Å². The summed E-state index contributed by atoms with van der Waals surface area (Å²) in [6.07, 6.45) is 0.509. The van der Waals surface area contributed by atoms with Crippen LogP contribution in [0.4, 0.5) is 11.4 Å². The first kappa shape index (κ1) is 29.0. The zero-order chi connectivity index (χ0) is 29.8. The Morgan fingerprint density at radius 1 is 0.952 bits per heavy atom. The molecule has 0 unspecified atom stereocenters. The molecule has 1 fully saturated rings. The molecule has 0 radical (unpaired) electrons. The number of H-pyrrole nitrogens is 1. The maximum atomic E-state index is 13.0. The number of carboxylic acids is 1. The summed E-state index contributed by atoms with van der Waals surface area (Å²) in [6, 6.07) is 19.4. The Bertz CT molecular complexity index is 1600. The number of aromatic nitrogens is 1. The minimum absolute atomic E-state index is 0.0115. The highest BCUT2D eigenvalue weighted by molar-refractivity contribution is 6.22. The Morgan fingerprint density at radius 2 is 1.62 bits per heavy atom. The zero-order valence-corrected chi connectivity index (χ0v) is 23.7. The number of rotatable bonds is 9. The second-order valence-corrected chi connectivity index (χ2v) is 10.6. The van der Waals surface area contributed by atoms with Gasteiger partial charge in [-0.15, -0.1) is 0 Å². The highest BCUT2D eigenvalue weighted by Crippen LogP contribution is 2.33. The molecule has 3 aromatic carbocycles. The monoisotopic (exact) mass is 569 g/mol. The number of nitrogens with zero attached hydrogens (tertiary/aromatic N) is 4. The number of amides is 1. The number of carbonyl (C=O) groups is 2. The summed E-state index contributed by atoms with van der Waals surface area (Å²) in [5, 5.41) is 30.4. The van der Waals surface area contributed by atoms with Gasteiger partial charge in [-0.2, -0.15) is 0 Å². The molecular formula is C32H35N5O5. The van der Waals surface area contributed by atoms with Gasteiger partial charge in [0.1, 0.15) is 0 Å². The van der Waals surface area contributed by atoms with Crippen LogP contribution in [0.25, 0.3) is 10.9 Å². The quantitative estimate of drug-likeness (QED) is 0.227. The lowest BCUT2D eigenvalue weighted by Gasteiger charge is -2.32. The van der Waals surface area contributed by atoms with Gasteiger partial charge in [0.05, 0.1) is 29.1 Å². The molecule has 2 heterocycles. The van der Waals surface area contributed by atoms with E-state index in [9.17, 15) is 24.9 Å². The van der Waals surface area contributed by atoms with Gasteiger partial charge in [0, 0.05) is 62.0 Å². The van der Waals surface area contributed by atoms with Gasteiger partial charge in [-0.1, -0.05) is 24.3 Å². The van der Waals surface area contributed by atoms with E-state index in [1.54, 1.807) is 18.0 Å². The van der Waals surface area contributed by atoms with Crippen LogP contribution in [0.3, 0.4) is 0 Å². The molecule has 4 aromatic rings. The number of nitrogens with one attached hydrogen (secondary N) is 1. The number of aromatic carboxylic acids is 1. The molecule has 1 aliphatic heterocycles. The Balaban J connectivity index is 1.48. The predicted molar refractivity (Wildman–Crippen MR) is 163 cm³/mol. The van der Waals surface area contributed by atoms with E-state index in [1.165, 1.54) is 12.1 Å². The molecular weight excluding hydrogens is 534 g/mol. The number of aromatic hydroxyl groups is 1. The van der Waals surface area contributed by atoms with Crippen LogP contribution < -0.4 is 4.90 Å². The predicted octanol–water partition coefficient (Wildman–Crippen LogP) is 3.49. The molecule has 1 amide bonds. The second kappa shape index (κ2) is 12.6. The van der Waals surface area contributed by atoms with Gasteiger partial charge in [0.15, 0.2) is 5.88 Å². The van der Waals surface area contributed by atoms with Crippen LogP contribution in [-0.2, 0) is 11.2 Å². The summed E-state index contributed by atoms with van der Waals surface area (Å²) in [6.45, 7) is 4.00. The number of hydrogen-bond acceptors (Lipinski definition) is 7. The minimum Gasteiger partial charge on any atom is -0.494 e. The number of aliphatic imine (C=N–C) groups is 1. The number of hydrogen-bond donors (Lipinski definition) is 4. The maximum Gasteiger partial charge on any atom is 0.335 e. The molecule has 218 valence electrons. The van der Waals surface area contributed by atoms with Crippen molar-refractivity contribution < 1.29 is 24.9 Å². The number of likely N-dealkylation sites (N-methyl/N-ethyl adjacent to an activating group) is 2. The molecule has 5 rings (SSSR count). The smallest absolute Gasteiger partial charge is 0.335 e. The van der Waals surface area contributed by atoms with E-state index in [2.05, 4.69) is 21.8 Å². The normalized spacial score (nSPS) is 14.8. The van der Waals surface area contributed by atoms with Crippen molar-refractivity contribution in [2.24, 2.45) is 4.99 Å². The van der Waals surface area contributed by atoms with E-state index >= 15 is 0 Å². The molecule has 1 aromatic heterocycles. The van der Waals surface area contributed by atoms with Gasteiger partial charge >= 0.3 is 5.97 Å². The average Bonchev–Trinajstić information content (AvgIpc) is 3.32. The first-order chi connectivity index (χ1) is 20.2. The van der Waals surface area contributed by atoms with Crippen molar-refractivity contribution >= 4 is 39.9 Å². The number of anilines is 1. The third-order valence-corrected chi connectivity index (χ3v) is 7.70. The number of piperazine rings is 1. The molecule has 10 heteroatoms. The van der Waals surface area contributed by atoms with E-state index in [0.717, 1.165) is 37.4 Å². The standard InChI is InChI=1S/C32H35N5O5/c1-35-14-16-37(17-15-35)20-28(39)36(2)25-10-8-24(9-11-25)33-30(22-5-3-21(4-6-22)13-18-38)29-26-19-23(32(41)42)7-12-27(26)34-31(29)40/h3-12,19,34,38,40H,13-18,20H2,1-2H3,(H,41,42). The third-order valence-electron chi connectivity index (χ3n) is 7.70. The van der Waals surface area contributed by atoms with Crippen LogP contribution in [0.2, 0.25) is 0 Å². The molecule has 0 atom stereocenters. The minimum atomic E-state index is -1.07. The molecule has 0 bridgehead atoms. The van der Waals surface area contributed by atoms with Crippen LogP contribution >= 0.6 is 0 Å². The first-order valence-corrected chi connectivity index (χ1v) is 13.9. The fourth-order valence-electron chi connectivity index (χ4n) is 5.10. The van der Waals surface area contributed by atoms with E-state index in [4.69, 9.17) is 4.99 Å². The van der Waals surface area contributed by atoms with Crippen LogP contribution in [0, 0.1) is 0 Å². The third kappa shape index (κ3) is 6.36. The second-order valence-electron chi connectivity index (χ2n) is 10.6. The lowest BCUT2D eigenvalue weighted by molar-refractivity contribution is -0.119. The zero-order valence-electron chi connectivity index (χ0n) is 23.7. The van der Waals surface area contributed by atoms with E-state index in [0.29, 0.717) is 46.4 Å². The van der Waals surface area contributed by atoms with Crippen LogP contribution in [0.5, 0.6) is 5.88 Å². The molecule has 10 nitrogen and oxygen atoms in total. The Hall–Kier alpha value is -4.51. The van der Waals surface area contributed by atoms with Crippen LogP contribution in [0.1, 0.15) is 27.0 Å². The maximum absolute atomic E-state index is 13.0. The van der Waals surface area contributed by atoms with Crippen LogP contribution in [0.15, 0.2) is 71.7 Å². The summed E-state index contributed by atoms with van der Waals surface area (Å²) < 4.78 is 0. The van der Waals surface area contributed by atoms with Gasteiger partial charge in [-0.25, -0.2) is 9.79 Å². The molecule has 1 aliphatic rings. The number of carboxylic acid groups (broad SMARTS) is 1. The molecule has 0 aliphatic carbocycles. The fraction of sp³-hybridized carbons (Fsp3) is 0.281. The van der Waals surface area contributed by atoms with Crippen molar-refractivity contribution in [2.45, 2.75) is 6.42 Å². The summed E-state index contributed by atoms with van der Waals surface area (Å²) in [5.74, 6) is -1.19. The number of fused-ring (bicyclic) bond motifs is 1. The van der Waals surface area contributed by atoms with Crippen molar-refractivity contribution in [3.05, 3.63) is 89.0 Å². The van der Waals surface area contributed by atoms with Crippen molar-refractivity contribution in [1.82, 2.24) is 14.8 Å². The highest BCUT2D eigenvalue weighted by atomic mass is 16.4. The van der Waals surface area contributed by atoms with Gasteiger partial charge < -0.3 is 30.1 Å². The topological polar surface area (TPSA) is 133 Å². The summed E-state index contributed by atoms with van der Waals surface area (Å²) in [4.78, 5) is 38.6. The largest absolute Gasteiger partial charge is 0.494 e. The summed E-state index contributed by atoms with van der Waals surface area (Å²) >= 11 is 0. The van der Waals surface area contributed by atoms with E-state index < -0.39 is 5.97 Å². The molecule has 42 heavy (non-hydrogen) atoms. The number of benzene rings is 3. The Morgan fingerprint density at radius 3 is 2.26 bits per heavy atom. The number of carbonyl (C=O) groups excluding carboxylic acids is 1. The highest BCUT2D eigenvalue weighted by Gasteiger charge is 2.21. The Labute approximate surface area is 244 Å². The summed E-state index contributed by atoms with van der Waals surface area (Å²) in [5.41, 5.74) is 4.49. The Kier molecular flexibility index (Phi) is 8.67. The van der Waals surface area contributed by atoms with Crippen molar-refractivity contribution in [1.29, 1.82) is 0 Å². The SMILES string of the molecule is CN1CCN(CC(=O)N(C)c2ccc(N=C(c3ccc(CCO)cc3)c3c(O)[nH]c4ccc(C(=O)O)cc34)cc2)CC1. The molecule has 4 N–H and O–H groups in total. The summed E-state index contributed by atoms with van der Waals surface area (Å²) in [7, 11) is 3.85. The number of aromatic amines is 1. The van der Waals surface area contributed by atoms with Crippen LogP contribution in [-0.4, -0.2) is 101 Å². The number of aliphatic hydroxyl groups excluding tert-OH is 1. The van der Waals surface area contributed by atoms with Crippen molar-refractivity contribution in [3.63, 3.8) is 0 Å². The van der Waals surface area contributed by atoms with Crippen molar-refractivity contribution in [2.75, 3.05) is 58.3 Å². The average molecular weight is 570 g/mol. The lowest BCUT2D eigenvalue weighted by atomic mass is 9.98. The van der Waals surface area contributed by atoms with E-state index in [-0.39, 0.29) is 24.0 Å². The molecule has 1 saturated heterocycles. The van der Waals surface area contributed by atoms with Gasteiger partial charge in [0.25, 0.3) is 0 Å². The number of aliphatic hydroxyl groups is 1. The first-order valence-electron chi connectivity index (χ1n) is 13.9. The van der Waals surface area contributed by atoms with Crippen molar-refractivity contribution in [3.8, 4) is 5.88 Å². The van der Waals surface area contributed by atoms with Gasteiger partial charge in [0.2, 0.25) is 5.91 Å². The molecule has 0 saturated carbocycles. The van der Waals surface area contributed by atoms with Gasteiger partial charge in [-0.3, -0.25) is 9.69 Å². The fourth-order valence-corrected chi connectivity index (χ4v) is 5.10.